The van der Waals surface area contributed by atoms with Crippen molar-refractivity contribution in [3.8, 4) is 0 Å². The summed E-state index contributed by atoms with van der Waals surface area (Å²) in [4.78, 5) is 26.7. The lowest BCUT2D eigenvalue weighted by Crippen LogP contribution is -2.37. The zero-order valence-corrected chi connectivity index (χ0v) is 19.1. The number of hydrogen-bond acceptors (Lipinski definition) is 7. The monoisotopic (exact) mass is 463 g/mol. The molecule has 2 heterocycles. The van der Waals surface area contributed by atoms with Crippen molar-refractivity contribution in [1.82, 2.24) is 20.4 Å². The minimum Gasteiger partial charge on any atom is -0.364 e. The minimum absolute atomic E-state index is 0.0809. The SMILES string of the molecule is CC(CCNC(=O)COCc1nnc(C(=O)Nc2cccc(F)c2)s1)N1CCCCCC1. The van der Waals surface area contributed by atoms with Gasteiger partial charge in [-0.05, 0) is 57.5 Å². The largest absolute Gasteiger partial charge is 0.364 e. The number of carbonyl (C=O) groups is 2. The molecule has 1 atom stereocenters. The van der Waals surface area contributed by atoms with Gasteiger partial charge in [0.05, 0.1) is 0 Å². The van der Waals surface area contributed by atoms with Crippen molar-refractivity contribution in [2.75, 3.05) is 31.6 Å². The van der Waals surface area contributed by atoms with E-state index in [4.69, 9.17) is 4.74 Å². The topological polar surface area (TPSA) is 96.5 Å². The van der Waals surface area contributed by atoms with Gasteiger partial charge in [0, 0.05) is 18.3 Å². The molecule has 1 aromatic carbocycles. The van der Waals surface area contributed by atoms with Crippen LogP contribution in [0.2, 0.25) is 0 Å². The van der Waals surface area contributed by atoms with E-state index in [9.17, 15) is 14.0 Å². The molecular formula is C22H30FN5O3S. The van der Waals surface area contributed by atoms with Gasteiger partial charge in [-0.25, -0.2) is 4.39 Å². The molecule has 1 unspecified atom stereocenters. The van der Waals surface area contributed by atoms with Crippen molar-refractivity contribution < 1.29 is 18.7 Å². The van der Waals surface area contributed by atoms with Crippen LogP contribution in [0.3, 0.4) is 0 Å². The van der Waals surface area contributed by atoms with E-state index in [1.807, 2.05) is 0 Å². The van der Waals surface area contributed by atoms with Gasteiger partial charge in [-0.2, -0.15) is 0 Å². The molecule has 3 rings (SSSR count). The molecular weight excluding hydrogens is 433 g/mol. The molecule has 1 aromatic heterocycles. The Morgan fingerprint density at radius 2 is 2.00 bits per heavy atom. The van der Waals surface area contributed by atoms with Gasteiger partial charge in [0.25, 0.3) is 5.91 Å². The van der Waals surface area contributed by atoms with Crippen LogP contribution in [0, 0.1) is 5.82 Å². The molecule has 1 saturated heterocycles. The fourth-order valence-electron chi connectivity index (χ4n) is 3.58. The van der Waals surface area contributed by atoms with Crippen molar-refractivity contribution in [1.29, 1.82) is 0 Å². The van der Waals surface area contributed by atoms with Crippen LogP contribution >= 0.6 is 11.3 Å². The van der Waals surface area contributed by atoms with E-state index in [1.165, 1.54) is 43.9 Å². The Bertz CT molecular complexity index is 886. The Hall–Kier alpha value is -2.43. The molecule has 0 aliphatic carbocycles. The molecule has 2 N–H and O–H groups in total. The van der Waals surface area contributed by atoms with Gasteiger partial charge in [0.1, 0.15) is 24.0 Å². The first kappa shape index (κ1) is 24.2. The zero-order valence-electron chi connectivity index (χ0n) is 18.3. The molecule has 32 heavy (non-hydrogen) atoms. The maximum atomic E-state index is 13.2. The Kier molecular flexibility index (Phi) is 9.51. The number of benzene rings is 1. The molecule has 1 fully saturated rings. The molecule has 2 aromatic rings. The Labute approximate surface area is 191 Å². The fourth-order valence-corrected chi connectivity index (χ4v) is 4.25. The number of nitrogens with zero attached hydrogens (tertiary/aromatic N) is 3. The summed E-state index contributed by atoms with van der Waals surface area (Å²) in [6.45, 7) is 5.12. The maximum absolute atomic E-state index is 13.2. The molecule has 1 aliphatic heterocycles. The van der Waals surface area contributed by atoms with Crippen LogP contribution in [0.25, 0.3) is 0 Å². The highest BCUT2D eigenvalue weighted by molar-refractivity contribution is 7.13. The first-order valence-electron chi connectivity index (χ1n) is 11.0. The van der Waals surface area contributed by atoms with Gasteiger partial charge in [-0.15, -0.1) is 10.2 Å². The summed E-state index contributed by atoms with van der Waals surface area (Å²) in [6.07, 6.45) is 6.04. The fraction of sp³-hybridized carbons (Fsp3) is 0.545. The van der Waals surface area contributed by atoms with Gasteiger partial charge in [-0.3, -0.25) is 9.59 Å². The predicted molar refractivity (Wildman–Crippen MR) is 121 cm³/mol. The number of rotatable bonds is 10. The molecule has 0 bridgehead atoms. The third kappa shape index (κ3) is 7.92. The van der Waals surface area contributed by atoms with Gasteiger partial charge < -0.3 is 20.3 Å². The summed E-state index contributed by atoms with van der Waals surface area (Å²) in [7, 11) is 0. The summed E-state index contributed by atoms with van der Waals surface area (Å²) in [5, 5.41) is 13.8. The number of ether oxygens (including phenoxy) is 1. The average molecular weight is 464 g/mol. The van der Waals surface area contributed by atoms with Crippen molar-refractivity contribution >= 4 is 28.8 Å². The van der Waals surface area contributed by atoms with Crippen LogP contribution in [0.4, 0.5) is 10.1 Å². The van der Waals surface area contributed by atoms with Crippen molar-refractivity contribution in [2.45, 2.75) is 51.7 Å². The van der Waals surface area contributed by atoms with Crippen LogP contribution < -0.4 is 10.6 Å². The van der Waals surface area contributed by atoms with E-state index in [0.717, 1.165) is 30.8 Å². The Morgan fingerprint density at radius 3 is 2.75 bits per heavy atom. The number of anilines is 1. The van der Waals surface area contributed by atoms with E-state index in [1.54, 1.807) is 6.07 Å². The van der Waals surface area contributed by atoms with E-state index in [-0.39, 0.29) is 24.1 Å². The molecule has 1 aliphatic rings. The van der Waals surface area contributed by atoms with Crippen LogP contribution in [-0.2, 0) is 16.1 Å². The highest BCUT2D eigenvalue weighted by Gasteiger charge is 2.16. The van der Waals surface area contributed by atoms with Gasteiger partial charge in [0.2, 0.25) is 10.9 Å². The van der Waals surface area contributed by atoms with Crippen molar-refractivity contribution in [2.24, 2.45) is 0 Å². The number of nitrogens with one attached hydrogen (secondary N) is 2. The second kappa shape index (κ2) is 12.6. The number of likely N-dealkylation sites (tertiary alicyclic amines) is 1. The van der Waals surface area contributed by atoms with E-state index in [0.29, 0.717) is 23.3 Å². The second-order valence-electron chi connectivity index (χ2n) is 7.90. The van der Waals surface area contributed by atoms with E-state index in [2.05, 4.69) is 32.7 Å². The number of halogens is 1. The summed E-state index contributed by atoms with van der Waals surface area (Å²) < 4.78 is 18.6. The first-order chi connectivity index (χ1) is 15.5. The van der Waals surface area contributed by atoms with Crippen LogP contribution in [0.15, 0.2) is 24.3 Å². The lowest BCUT2D eigenvalue weighted by atomic mass is 10.2. The number of hydrogen-bond donors (Lipinski definition) is 2. The predicted octanol–water partition coefficient (Wildman–Crippen LogP) is 3.22. The molecule has 0 spiro atoms. The van der Waals surface area contributed by atoms with Crippen molar-refractivity contribution in [3.63, 3.8) is 0 Å². The lowest BCUT2D eigenvalue weighted by Gasteiger charge is -2.27. The Morgan fingerprint density at radius 1 is 1.22 bits per heavy atom. The smallest absolute Gasteiger partial charge is 0.286 e. The molecule has 174 valence electrons. The third-order valence-electron chi connectivity index (χ3n) is 5.35. The molecule has 0 saturated carbocycles. The Balaban J connectivity index is 1.32. The normalized spacial score (nSPS) is 15.7. The van der Waals surface area contributed by atoms with E-state index < -0.39 is 11.7 Å². The third-order valence-corrected chi connectivity index (χ3v) is 6.25. The standard InChI is InChI=1S/C22H30FN5O3S/c1-16(28-11-4-2-3-5-12-28)9-10-24-19(29)14-31-15-20-26-27-22(32-20)21(30)25-18-8-6-7-17(23)13-18/h6-8,13,16H,2-5,9-12,14-15H2,1H3,(H,24,29)(H,25,30). The summed E-state index contributed by atoms with van der Waals surface area (Å²) in [5.41, 5.74) is 0.338. The highest BCUT2D eigenvalue weighted by Crippen LogP contribution is 2.15. The second-order valence-corrected chi connectivity index (χ2v) is 8.96. The first-order valence-corrected chi connectivity index (χ1v) is 11.8. The van der Waals surface area contributed by atoms with Gasteiger partial charge in [-0.1, -0.05) is 30.2 Å². The molecule has 8 nitrogen and oxygen atoms in total. The minimum atomic E-state index is -0.476. The zero-order chi connectivity index (χ0) is 22.8. The molecule has 0 radical (unpaired) electrons. The summed E-state index contributed by atoms with van der Waals surface area (Å²) >= 11 is 1.07. The number of carbonyl (C=O) groups excluding carboxylic acids is 2. The lowest BCUT2D eigenvalue weighted by molar-refractivity contribution is -0.126. The summed E-state index contributed by atoms with van der Waals surface area (Å²) in [6, 6.07) is 6.05. The number of amides is 2. The maximum Gasteiger partial charge on any atom is 0.286 e. The van der Waals surface area contributed by atoms with Crippen LogP contribution in [0.1, 0.15) is 53.8 Å². The van der Waals surface area contributed by atoms with Crippen LogP contribution in [-0.4, -0.2) is 59.2 Å². The van der Waals surface area contributed by atoms with E-state index >= 15 is 0 Å². The van der Waals surface area contributed by atoms with Crippen LogP contribution in [0.5, 0.6) is 0 Å². The molecule has 10 heteroatoms. The molecule has 2 amide bonds. The van der Waals surface area contributed by atoms with Crippen molar-refractivity contribution in [3.05, 3.63) is 40.1 Å². The van der Waals surface area contributed by atoms with Gasteiger partial charge in [0.15, 0.2) is 0 Å². The quantitative estimate of drug-likeness (QED) is 0.562. The highest BCUT2D eigenvalue weighted by atomic mass is 32.1. The average Bonchev–Trinajstić information content (AvgIpc) is 3.07. The number of aromatic nitrogens is 2. The summed E-state index contributed by atoms with van der Waals surface area (Å²) in [5.74, 6) is -1.10. The van der Waals surface area contributed by atoms with Gasteiger partial charge >= 0.3 is 0 Å².